The summed E-state index contributed by atoms with van der Waals surface area (Å²) in [4.78, 5) is 16.2. The molecule has 6 rings (SSSR count). The molecule has 7 nitrogen and oxygen atoms in total. The minimum Gasteiger partial charge on any atom is -0.507 e. The Bertz CT molecular complexity index is 1680. The summed E-state index contributed by atoms with van der Waals surface area (Å²) in [5.74, 6) is 0.661. The second-order valence-electron chi connectivity index (χ2n) is 11.9. The van der Waals surface area contributed by atoms with Gasteiger partial charge >= 0.3 is 0 Å². The Kier molecular flexibility index (Phi) is 5.19. The average Bonchev–Trinajstić information content (AvgIpc) is 2.83. The summed E-state index contributed by atoms with van der Waals surface area (Å²) in [6.07, 6.45) is 2.49. The van der Waals surface area contributed by atoms with Crippen LogP contribution in [0.25, 0.3) is 33.1 Å². The summed E-state index contributed by atoms with van der Waals surface area (Å²) in [5.41, 5.74) is 2.92. The maximum Gasteiger partial charge on any atom is 0.204 e. The molecule has 2 aliphatic rings. The number of phenolic OH excluding ortho intramolecular Hbond substituents is 2. The van der Waals surface area contributed by atoms with E-state index in [0.717, 1.165) is 11.3 Å². The highest BCUT2D eigenvalue weighted by molar-refractivity contribution is 6.05. The third-order valence-electron chi connectivity index (χ3n) is 7.85. The molecule has 0 atom stereocenters. The first-order valence-electron chi connectivity index (χ1n) is 13.1. The lowest BCUT2D eigenvalue weighted by atomic mass is 9.87. The van der Waals surface area contributed by atoms with Crippen LogP contribution < -0.4 is 19.8 Å². The van der Waals surface area contributed by atoms with Crippen LogP contribution in [0, 0.1) is 0 Å². The van der Waals surface area contributed by atoms with E-state index in [1.165, 1.54) is 6.07 Å². The fraction of sp³-hybridized carbons (Fsp3) is 0.387. The predicted molar refractivity (Wildman–Crippen MR) is 149 cm³/mol. The lowest BCUT2D eigenvalue weighted by molar-refractivity contribution is 0.0811. The monoisotopic (exact) mass is 515 g/mol. The van der Waals surface area contributed by atoms with Crippen LogP contribution in [-0.2, 0) is 12.8 Å². The van der Waals surface area contributed by atoms with Crippen molar-refractivity contribution in [3.05, 3.63) is 51.7 Å². The van der Waals surface area contributed by atoms with Crippen molar-refractivity contribution in [2.45, 2.75) is 64.6 Å². The molecule has 4 aromatic rings. The summed E-state index contributed by atoms with van der Waals surface area (Å²) in [6, 6.07) is 9.37. The number of hydrogen-bond donors (Lipinski definition) is 2. The molecule has 0 saturated heterocycles. The highest BCUT2D eigenvalue weighted by Gasteiger charge is 2.36. The topological polar surface area (TPSA) is 92.4 Å². The minimum atomic E-state index is -0.466. The molecule has 38 heavy (non-hydrogen) atoms. The molecule has 0 bridgehead atoms. The number of aromatic hydroxyl groups is 2. The third-order valence-corrected chi connectivity index (χ3v) is 7.85. The highest BCUT2D eigenvalue weighted by Crippen LogP contribution is 2.51. The largest absolute Gasteiger partial charge is 0.507 e. The number of ether oxygens (including phenoxy) is 2. The lowest BCUT2D eigenvalue weighted by Crippen LogP contribution is -2.33. The molecule has 2 N–H and O–H groups in total. The zero-order valence-electron chi connectivity index (χ0n) is 22.7. The second kappa shape index (κ2) is 8.06. The second-order valence-corrected chi connectivity index (χ2v) is 11.9. The predicted octanol–water partition coefficient (Wildman–Crippen LogP) is 6.30. The van der Waals surface area contributed by atoms with Crippen LogP contribution >= 0.6 is 0 Å². The Labute approximate surface area is 221 Å². The number of nitrogens with zero attached hydrogens (tertiary/aromatic N) is 1. The standard InChI is InChI=1S/C31H33NO6/c1-30(2)13-11-18-23-21(15-20(33)27(18)37-30)36-29-22(16-7-9-17(10-8-16)32(5)6)28-19(12-14-31(3,4)38-28)25(34)24(29)26(23)35/h7-10,15,33-34H,11-14H2,1-6H3. The van der Waals surface area contributed by atoms with E-state index in [9.17, 15) is 15.0 Å². The van der Waals surface area contributed by atoms with Gasteiger partial charge in [0.25, 0.3) is 0 Å². The SMILES string of the molecule is CN(C)c1ccc(-c2c3c(c(O)c4c(=O)c5c6c(c(O)cc5oc24)OC(C)(C)CC6)CCC(C)(C)O3)cc1. The van der Waals surface area contributed by atoms with E-state index in [2.05, 4.69) is 0 Å². The molecule has 0 fully saturated rings. The maximum atomic E-state index is 14.2. The smallest absolute Gasteiger partial charge is 0.204 e. The van der Waals surface area contributed by atoms with E-state index < -0.39 is 11.2 Å². The zero-order valence-corrected chi connectivity index (χ0v) is 22.7. The maximum absolute atomic E-state index is 14.2. The minimum absolute atomic E-state index is 0.0702. The Hall–Kier alpha value is -3.87. The summed E-state index contributed by atoms with van der Waals surface area (Å²) >= 11 is 0. The Morgan fingerprint density at radius 2 is 1.45 bits per heavy atom. The first-order chi connectivity index (χ1) is 17.9. The number of phenols is 2. The number of anilines is 1. The van der Waals surface area contributed by atoms with Crippen molar-refractivity contribution in [2.24, 2.45) is 0 Å². The van der Waals surface area contributed by atoms with Crippen molar-refractivity contribution in [1.82, 2.24) is 0 Å². The Morgan fingerprint density at radius 3 is 2.08 bits per heavy atom. The van der Waals surface area contributed by atoms with Crippen molar-refractivity contribution < 1.29 is 24.1 Å². The van der Waals surface area contributed by atoms with Crippen LogP contribution in [-0.4, -0.2) is 35.5 Å². The summed E-state index contributed by atoms with van der Waals surface area (Å²) < 4.78 is 19.0. The number of rotatable bonds is 2. The van der Waals surface area contributed by atoms with Gasteiger partial charge in [0.1, 0.15) is 33.7 Å². The molecule has 0 aliphatic carbocycles. The normalized spacial score (nSPS) is 17.4. The van der Waals surface area contributed by atoms with Gasteiger partial charge in [-0.15, -0.1) is 0 Å². The van der Waals surface area contributed by atoms with Crippen LogP contribution in [0.2, 0.25) is 0 Å². The van der Waals surface area contributed by atoms with Crippen molar-refractivity contribution in [3.63, 3.8) is 0 Å². The van der Waals surface area contributed by atoms with Gasteiger partial charge in [-0.25, -0.2) is 0 Å². The van der Waals surface area contributed by atoms with Crippen molar-refractivity contribution >= 4 is 27.6 Å². The molecule has 0 amide bonds. The lowest BCUT2D eigenvalue weighted by Gasteiger charge is -2.35. The van der Waals surface area contributed by atoms with Crippen LogP contribution in [0.3, 0.4) is 0 Å². The number of hydrogen-bond acceptors (Lipinski definition) is 7. The first-order valence-corrected chi connectivity index (χ1v) is 13.1. The molecule has 0 saturated carbocycles. The van der Waals surface area contributed by atoms with Crippen molar-refractivity contribution in [1.29, 1.82) is 0 Å². The third kappa shape index (κ3) is 3.67. The van der Waals surface area contributed by atoms with E-state index in [-0.39, 0.29) is 33.5 Å². The van der Waals surface area contributed by atoms with Crippen molar-refractivity contribution in [2.75, 3.05) is 19.0 Å². The van der Waals surface area contributed by atoms with Gasteiger partial charge in [-0.3, -0.25) is 4.79 Å². The molecule has 0 unspecified atom stereocenters. The van der Waals surface area contributed by atoms with Crippen LogP contribution in [0.15, 0.2) is 39.5 Å². The summed E-state index contributed by atoms with van der Waals surface area (Å²) in [5, 5.41) is 22.8. The zero-order chi connectivity index (χ0) is 27.1. The van der Waals surface area contributed by atoms with E-state index in [1.54, 1.807) is 0 Å². The van der Waals surface area contributed by atoms with Crippen LogP contribution in [0.1, 0.15) is 51.7 Å². The molecule has 2 aliphatic heterocycles. The fourth-order valence-electron chi connectivity index (χ4n) is 5.69. The Morgan fingerprint density at radius 1 is 0.842 bits per heavy atom. The van der Waals surface area contributed by atoms with Gasteiger partial charge in [0.05, 0.1) is 10.9 Å². The summed E-state index contributed by atoms with van der Waals surface area (Å²) in [7, 11) is 3.95. The molecule has 0 radical (unpaired) electrons. The average molecular weight is 516 g/mol. The van der Waals surface area contributed by atoms with Gasteiger partial charge in [0.15, 0.2) is 17.1 Å². The van der Waals surface area contributed by atoms with Gasteiger partial charge < -0.3 is 29.0 Å². The van der Waals surface area contributed by atoms with Crippen LogP contribution in [0.4, 0.5) is 5.69 Å². The molecule has 1 aromatic heterocycles. The molecular weight excluding hydrogens is 482 g/mol. The van der Waals surface area contributed by atoms with Gasteiger partial charge in [0.2, 0.25) is 5.43 Å². The molecule has 198 valence electrons. The number of benzene rings is 3. The number of fused-ring (bicyclic) bond motifs is 5. The van der Waals surface area contributed by atoms with E-state index >= 15 is 0 Å². The fourth-order valence-corrected chi connectivity index (χ4v) is 5.69. The van der Waals surface area contributed by atoms with Gasteiger partial charge in [-0.05, 0) is 71.1 Å². The molecule has 3 aromatic carbocycles. The molecule has 7 heteroatoms. The van der Waals surface area contributed by atoms with Crippen molar-refractivity contribution in [3.8, 4) is 34.1 Å². The van der Waals surface area contributed by atoms with E-state index in [4.69, 9.17) is 13.9 Å². The van der Waals surface area contributed by atoms with Crippen LogP contribution in [0.5, 0.6) is 23.0 Å². The first kappa shape index (κ1) is 24.5. The molecule has 3 heterocycles. The van der Waals surface area contributed by atoms with Gasteiger partial charge in [-0.2, -0.15) is 0 Å². The molecular formula is C31H33NO6. The summed E-state index contributed by atoms with van der Waals surface area (Å²) in [6.45, 7) is 7.93. The highest BCUT2D eigenvalue weighted by atomic mass is 16.5. The quantitative estimate of drug-likeness (QED) is 0.303. The van der Waals surface area contributed by atoms with E-state index in [1.807, 2.05) is 71.0 Å². The van der Waals surface area contributed by atoms with Gasteiger partial charge in [0, 0.05) is 37.0 Å². The van der Waals surface area contributed by atoms with Gasteiger partial charge in [-0.1, -0.05) is 12.1 Å². The Balaban J connectivity index is 1.74. The van der Waals surface area contributed by atoms with E-state index in [0.29, 0.717) is 59.3 Å². The molecule has 0 spiro atoms. The number of aryl methyl sites for hydroxylation is 1.